The predicted molar refractivity (Wildman–Crippen MR) is 101 cm³/mol. The van der Waals surface area contributed by atoms with Gasteiger partial charge in [-0.05, 0) is 24.1 Å². The molecule has 0 unspecified atom stereocenters. The standard InChI is InChI=1S/C21H21NO4/c1-4-6-16-20(13-7-5-8-17(24-2)21(13)25-3)14-9-12-10-19(23)22-15(12)11-18(14)26-16/h5,7-9,11H,4,6,10H2,1-3H3,(H,22,23). The van der Waals surface area contributed by atoms with Gasteiger partial charge < -0.3 is 19.2 Å². The minimum absolute atomic E-state index is 0.0157. The molecule has 1 aliphatic heterocycles. The molecular weight excluding hydrogens is 330 g/mol. The molecule has 0 radical (unpaired) electrons. The minimum Gasteiger partial charge on any atom is -0.493 e. The van der Waals surface area contributed by atoms with E-state index in [4.69, 9.17) is 13.9 Å². The highest BCUT2D eigenvalue weighted by Crippen LogP contribution is 2.45. The number of anilines is 1. The number of rotatable bonds is 5. The number of para-hydroxylation sites is 1. The van der Waals surface area contributed by atoms with Crippen molar-refractivity contribution in [2.45, 2.75) is 26.2 Å². The first kappa shape index (κ1) is 16.5. The Morgan fingerprint density at radius 1 is 1.19 bits per heavy atom. The van der Waals surface area contributed by atoms with E-state index in [1.165, 1.54) is 0 Å². The van der Waals surface area contributed by atoms with E-state index in [-0.39, 0.29) is 5.91 Å². The number of furan rings is 1. The highest BCUT2D eigenvalue weighted by molar-refractivity contribution is 6.05. The van der Waals surface area contributed by atoms with Crippen LogP contribution >= 0.6 is 0 Å². The van der Waals surface area contributed by atoms with Crippen molar-refractivity contribution < 1.29 is 18.7 Å². The first-order chi connectivity index (χ1) is 12.7. The lowest BCUT2D eigenvalue weighted by Gasteiger charge is -2.13. The molecule has 1 N–H and O–H groups in total. The highest BCUT2D eigenvalue weighted by atomic mass is 16.5. The topological polar surface area (TPSA) is 60.7 Å². The number of aryl methyl sites for hydroxylation is 1. The van der Waals surface area contributed by atoms with Crippen LogP contribution in [0.15, 0.2) is 34.7 Å². The van der Waals surface area contributed by atoms with Crippen molar-refractivity contribution in [1.82, 2.24) is 0 Å². The summed E-state index contributed by atoms with van der Waals surface area (Å²) in [6.45, 7) is 2.12. The summed E-state index contributed by atoms with van der Waals surface area (Å²) < 4.78 is 17.3. The molecule has 0 saturated carbocycles. The van der Waals surface area contributed by atoms with Crippen LogP contribution in [-0.2, 0) is 17.6 Å². The van der Waals surface area contributed by atoms with Gasteiger partial charge in [0.25, 0.3) is 0 Å². The van der Waals surface area contributed by atoms with Gasteiger partial charge in [0, 0.05) is 34.7 Å². The van der Waals surface area contributed by atoms with E-state index in [1.54, 1.807) is 14.2 Å². The van der Waals surface area contributed by atoms with Gasteiger partial charge >= 0.3 is 0 Å². The van der Waals surface area contributed by atoms with E-state index in [0.29, 0.717) is 17.9 Å². The minimum atomic E-state index is 0.0157. The SMILES string of the molecule is CCCc1oc2cc3c(cc2c1-c1cccc(OC)c1OC)CC(=O)N3. The molecule has 1 aromatic heterocycles. The second-order valence-electron chi connectivity index (χ2n) is 6.42. The van der Waals surface area contributed by atoms with Crippen LogP contribution in [0.5, 0.6) is 11.5 Å². The van der Waals surface area contributed by atoms with Crippen LogP contribution in [0.25, 0.3) is 22.1 Å². The maximum absolute atomic E-state index is 11.7. The fourth-order valence-corrected chi connectivity index (χ4v) is 3.65. The molecule has 0 atom stereocenters. The van der Waals surface area contributed by atoms with Crippen molar-refractivity contribution in [2.75, 3.05) is 19.5 Å². The zero-order valence-corrected chi connectivity index (χ0v) is 15.1. The van der Waals surface area contributed by atoms with Crippen LogP contribution in [0.4, 0.5) is 5.69 Å². The number of ether oxygens (including phenoxy) is 2. The van der Waals surface area contributed by atoms with Gasteiger partial charge in [-0.1, -0.05) is 19.1 Å². The molecule has 0 spiro atoms. The number of hydrogen-bond donors (Lipinski definition) is 1. The number of methoxy groups -OCH3 is 2. The van der Waals surface area contributed by atoms with E-state index in [1.807, 2.05) is 24.3 Å². The van der Waals surface area contributed by atoms with Gasteiger partial charge in [0.1, 0.15) is 11.3 Å². The van der Waals surface area contributed by atoms with Crippen molar-refractivity contribution in [3.05, 3.63) is 41.7 Å². The van der Waals surface area contributed by atoms with Crippen LogP contribution in [-0.4, -0.2) is 20.1 Å². The summed E-state index contributed by atoms with van der Waals surface area (Å²) in [5.74, 6) is 2.30. The summed E-state index contributed by atoms with van der Waals surface area (Å²) in [4.78, 5) is 11.7. The maximum atomic E-state index is 11.7. The monoisotopic (exact) mass is 351 g/mol. The van der Waals surface area contributed by atoms with Gasteiger partial charge in [-0.3, -0.25) is 4.79 Å². The number of hydrogen-bond acceptors (Lipinski definition) is 4. The van der Waals surface area contributed by atoms with Gasteiger partial charge in [0.05, 0.1) is 20.6 Å². The molecule has 0 fully saturated rings. The normalized spacial score (nSPS) is 13.0. The largest absolute Gasteiger partial charge is 0.493 e. The average molecular weight is 351 g/mol. The van der Waals surface area contributed by atoms with Crippen LogP contribution in [0, 0.1) is 0 Å². The van der Waals surface area contributed by atoms with Crippen LogP contribution in [0.2, 0.25) is 0 Å². The summed E-state index contributed by atoms with van der Waals surface area (Å²) >= 11 is 0. The van der Waals surface area contributed by atoms with E-state index in [9.17, 15) is 4.79 Å². The smallest absolute Gasteiger partial charge is 0.228 e. The van der Waals surface area contributed by atoms with Gasteiger partial charge in [-0.2, -0.15) is 0 Å². The van der Waals surface area contributed by atoms with E-state index in [2.05, 4.69) is 18.3 Å². The summed E-state index contributed by atoms with van der Waals surface area (Å²) in [6.07, 6.45) is 2.19. The molecule has 26 heavy (non-hydrogen) atoms. The summed E-state index contributed by atoms with van der Waals surface area (Å²) in [5, 5.41) is 3.88. The van der Waals surface area contributed by atoms with Gasteiger partial charge in [0.2, 0.25) is 5.91 Å². The first-order valence-electron chi connectivity index (χ1n) is 8.75. The van der Waals surface area contributed by atoms with Crippen LogP contribution in [0.1, 0.15) is 24.7 Å². The molecule has 2 heterocycles. The molecular formula is C21H21NO4. The molecule has 1 amide bonds. The van der Waals surface area contributed by atoms with Gasteiger partial charge in [-0.15, -0.1) is 0 Å². The lowest BCUT2D eigenvalue weighted by Crippen LogP contribution is -2.03. The number of fused-ring (bicyclic) bond motifs is 2. The number of carbonyl (C=O) groups excluding carboxylic acids is 1. The fraction of sp³-hybridized carbons (Fsp3) is 0.286. The van der Waals surface area contributed by atoms with E-state index < -0.39 is 0 Å². The summed E-state index contributed by atoms with van der Waals surface area (Å²) in [7, 11) is 3.27. The quantitative estimate of drug-likeness (QED) is 0.732. The van der Waals surface area contributed by atoms with Crippen molar-refractivity contribution in [1.29, 1.82) is 0 Å². The summed E-state index contributed by atoms with van der Waals surface area (Å²) in [5.41, 5.74) is 4.55. The van der Waals surface area contributed by atoms with Crippen molar-refractivity contribution in [3.63, 3.8) is 0 Å². The van der Waals surface area contributed by atoms with Crippen molar-refractivity contribution in [3.8, 4) is 22.6 Å². The van der Waals surface area contributed by atoms with Crippen molar-refractivity contribution in [2.24, 2.45) is 0 Å². The molecule has 0 saturated heterocycles. The van der Waals surface area contributed by atoms with Crippen LogP contribution in [0.3, 0.4) is 0 Å². The zero-order chi connectivity index (χ0) is 18.3. The molecule has 0 bridgehead atoms. The Labute approximate surface area is 151 Å². The Hall–Kier alpha value is -2.95. The average Bonchev–Trinajstić information content (AvgIpc) is 3.17. The van der Waals surface area contributed by atoms with Gasteiger partial charge in [0.15, 0.2) is 11.5 Å². The van der Waals surface area contributed by atoms with E-state index in [0.717, 1.165) is 51.9 Å². The summed E-state index contributed by atoms with van der Waals surface area (Å²) in [6, 6.07) is 9.82. The Morgan fingerprint density at radius 3 is 2.77 bits per heavy atom. The number of amides is 1. The van der Waals surface area contributed by atoms with Gasteiger partial charge in [-0.25, -0.2) is 0 Å². The number of benzene rings is 2. The zero-order valence-electron chi connectivity index (χ0n) is 15.1. The number of carbonyl (C=O) groups is 1. The molecule has 5 heteroatoms. The first-order valence-corrected chi connectivity index (χ1v) is 8.75. The molecule has 3 aromatic rings. The molecule has 2 aromatic carbocycles. The lowest BCUT2D eigenvalue weighted by molar-refractivity contribution is -0.115. The van der Waals surface area contributed by atoms with Crippen LogP contribution < -0.4 is 14.8 Å². The lowest BCUT2D eigenvalue weighted by atomic mass is 9.97. The van der Waals surface area contributed by atoms with E-state index >= 15 is 0 Å². The molecule has 4 rings (SSSR count). The Bertz CT molecular complexity index is 1000. The second-order valence-corrected chi connectivity index (χ2v) is 6.42. The third kappa shape index (κ3) is 2.51. The molecule has 1 aliphatic rings. The third-order valence-electron chi connectivity index (χ3n) is 4.76. The van der Waals surface area contributed by atoms with Crippen molar-refractivity contribution >= 4 is 22.6 Å². The Morgan fingerprint density at radius 2 is 2.04 bits per heavy atom. The molecule has 5 nitrogen and oxygen atoms in total. The maximum Gasteiger partial charge on any atom is 0.228 e. The predicted octanol–water partition coefficient (Wildman–Crippen LogP) is 4.56. The second kappa shape index (κ2) is 6.41. The molecule has 0 aliphatic carbocycles. The number of nitrogens with one attached hydrogen (secondary N) is 1. The Balaban J connectivity index is 2.01. The molecule has 134 valence electrons. The third-order valence-corrected chi connectivity index (χ3v) is 4.76. The highest BCUT2D eigenvalue weighted by Gasteiger charge is 2.25. The fourth-order valence-electron chi connectivity index (χ4n) is 3.65. The Kier molecular flexibility index (Phi) is 4.07.